The molecule has 0 bridgehead atoms. The van der Waals surface area contributed by atoms with E-state index in [4.69, 9.17) is 26.3 Å². The first kappa shape index (κ1) is 31.8. The summed E-state index contributed by atoms with van der Waals surface area (Å²) in [6, 6.07) is 14.9. The van der Waals surface area contributed by atoms with Crippen LogP contribution in [0.5, 0.6) is 6.01 Å². The van der Waals surface area contributed by atoms with Crippen molar-refractivity contribution in [1.82, 2.24) is 34.8 Å². The maximum atomic E-state index is 13.3. The summed E-state index contributed by atoms with van der Waals surface area (Å²) in [6.45, 7) is 6.28. The largest absolute Gasteiger partial charge is 0.462 e. The Hall–Kier alpha value is -4.73. The molecule has 3 aliphatic rings. The molecule has 3 aliphatic heterocycles. The number of fused-ring (bicyclic) bond motifs is 2. The Kier molecular flexibility index (Phi) is 9.15. The van der Waals surface area contributed by atoms with E-state index in [1.54, 1.807) is 17.3 Å². The number of likely N-dealkylation sites (N-methyl/N-ethyl adjacent to an activating group) is 1. The molecule has 4 aromatic rings. The van der Waals surface area contributed by atoms with Crippen LogP contribution in [0.2, 0.25) is 5.02 Å². The second kappa shape index (κ2) is 13.8. The van der Waals surface area contributed by atoms with Crippen molar-refractivity contribution in [2.45, 2.75) is 51.2 Å². The number of halogens is 1. The predicted molar refractivity (Wildman–Crippen MR) is 185 cm³/mol. The fourth-order valence-corrected chi connectivity index (χ4v) is 7.39. The van der Waals surface area contributed by atoms with E-state index < -0.39 is 0 Å². The van der Waals surface area contributed by atoms with Gasteiger partial charge in [0.1, 0.15) is 12.4 Å². The number of anilines is 2. The molecule has 0 unspecified atom stereocenters. The summed E-state index contributed by atoms with van der Waals surface area (Å²) in [7, 11) is 2.13. The third-order valence-corrected chi connectivity index (χ3v) is 9.97. The molecule has 48 heavy (non-hydrogen) atoms. The highest BCUT2D eigenvalue weighted by Crippen LogP contribution is 2.37. The van der Waals surface area contributed by atoms with E-state index in [9.17, 15) is 10.1 Å². The second-order valence-electron chi connectivity index (χ2n) is 12.8. The quantitative estimate of drug-likeness (QED) is 0.252. The van der Waals surface area contributed by atoms with Gasteiger partial charge in [-0.15, -0.1) is 5.10 Å². The molecule has 12 nitrogen and oxygen atoms in total. The Balaban J connectivity index is 1.17. The number of benzene rings is 2. The number of ether oxygens (including phenoxy) is 1. The molecule has 2 saturated heterocycles. The number of aryl methyl sites for hydroxylation is 1. The predicted octanol–water partition coefficient (Wildman–Crippen LogP) is 4.32. The van der Waals surface area contributed by atoms with E-state index in [-0.39, 0.29) is 18.4 Å². The highest BCUT2D eigenvalue weighted by molar-refractivity contribution is 6.36. The van der Waals surface area contributed by atoms with Crippen LogP contribution >= 0.6 is 11.6 Å². The van der Waals surface area contributed by atoms with Crippen LogP contribution in [0.25, 0.3) is 17.0 Å². The molecule has 0 aliphatic carbocycles. The fourth-order valence-electron chi connectivity index (χ4n) is 7.11. The fraction of sp³-hybridized carbons (Fsp3) is 0.429. The number of likely N-dealkylation sites (tertiary alicyclic amines) is 1. The van der Waals surface area contributed by atoms with Gasteiger partial charge in [-0.05, 0) is 57.3 Å². The third kappa shape index (κ3) is 6.53. The molecular weight excluding hydrogens is 628 g/mol. The minimum absolute atomic E-state index is 0.165. The standard InChI is InChI=1S/C35H39ClN10O2/c1-24-20-45(41-40-24)17-13-32(47)46-19-18-44(21-26(46)11-14-37)34-28-12-16-43(31-10-4-7-25-6-3-9-29(36)33(25)31)22-30(28)38-35(39-34)48-23-27-8-5-15-42(27)2/h3-4,6-7,9-10,13,17,20,26-27H,5,8,11-12,15-16,18-19,21-23H2,1-2H3/b17-13+/t26-,27-/m0/s1. The van der Waals surface area contributed by atoms with Crippen molar-refractivity contribution >= 4 is 46.0 Å². The zero-order valence-corrected chi connectivity index (χ0v) is 28.1. The van der Waals surface area contributed by atoms with E-state index >= 15 is 0 Å². The lowest BCUT2D eigenvalue weighted by atomic mass is 10.0. The molecule has 248 valence electrons. The highest BCUT2D eigenvalue weighted by Gasteiger charge is 2.34. The molecule has 0 radical (unpaired) electrons. The Morgan fingerprint density at radius 1 is 1.10 bits per heavy atom. The number of rotatable bonds is 8. The molecule has 2 aromatic carbocycles. The van der Waals surface area contributed by atoms with Crippen LogP contribution in [0.1, 0.15) is 36.2 Å². The molecule has 5 heterocycles. The number of carbonyl (C=O) groups excluding carboxylic acids is 1. The number of piperazine rings is 1. The SMILES string of the molecule is Cc1cn(/C=C/C(=O)N2CCN(c3nc(OC[C@@H]4CCCN4C)nc4c3CCN(c3cccc5cccc(Cl)c35)C4)C[C@@H]2CC#N)nn1. The highest BCUT2D eigenvalue weighted by atomic mass is 35.5. The maximum Gasteiger partial charge on any atom is 0.318 e. The van der Waals surface area contributed by atoms with Crippen molar-refractivity contribution in [2.24, 2.45) is 0 Å². The summed E-state index contributed by atoms with van der Waals surface area (Å²) < 4.78 is 7.84. The van der Waals surface area contributed by atoms with Gasteiger partial charge in [-0.2, -0.15) is 15.2 Å². The topological polar surface area (TPSA) is 120 Å². The lowest BCUT2D eigenvalue weighted by Crippen LogP contribution is -2.55. The van der Waals surface area contributed by atoms with Crippen molar-refractivity contribution in [3.05, 3.63) is 70.6 Å². The first-order valence-corrected chi connectivity index (χ1v) is 16.9. The molecule has 2 atom stereocenters. The minimum Gasteiger partial charge on any atom is -0.462 e. The van der Waals surface area contributed by atoms with Gasteiger partial charge in [0.2, 0.25) is 5.91 Å². The molecule has 0 N–H and O–H groups in total. The molecule has 0 spiro atoms. The van der Waals surface area contributed by atoms with E-state index in [1.165, 1.54) is 10.8 Å². The van der Waals surface area contributed by atoms with Crippen LogP contribution in [0.15, 0.2) is 48.7 Å². The van der Waals surface area contributed by atoms with Gasteiger partial charge in [0.15, 0.2) is 0 Å². The van der Waals surface area contributed by atoms with Crippen LogP contribution in [-0.2, 0) is 17.8 Å². The van der Waals surface area contributed by atoms with Crippen LogP contribution in [0.3, 0.4) is 0 Å². The van der Waals surface area contributed by atoms with E-state index in [0.717, 1.165) is 76.6 Å². The summed E-state index contributed by atoms with van der Waals surface area (Å²) in [5, 5.41) is 20.6. The van der Waals surface area contributed by atoms with Gasteiger partial charge in [0.25, 0.3) is 0 Å². The number of nitrogens with zero attached hydrogens (tertiary/aromatic N) is 10. The summed E-state index contributed by atoms with van der Waals surface area (Å²) >= 11 is 6.73. The normalized spacial score (nSPS) is 20.0. The summed E-state index contributed by atoms with van der Waals surface area (Å²) in [5.74, 6) is 0.663. The van der Waals surface area contributed by atoms with E-state index in [2.05, 4.69) is 62.4 Å². The number of carbonyl (C=O) groups is 1. The van der Waals surface area contributed by atoms with Crippen molar-refractivity contribution < 1.29 is 9.53 Å². The number of amides is 1. The summed E-state index contributed by atoms with van der Waals surface area (Å²) in [5.41, 5.74) is 3.85. The molecule has 7 rings (SSSR count). The first-order valence-electron chi connectivity index (χ1n) is 16.5. The molecule has 1 amide bonds. The Morgan fingerprint density at radius 2 is 1.96 bits per heavy atom. The van der Waals surface area contributed by atoms with Gasteiger partial charge in [-0.1, -0.05) is 41.1 Å². The van der Waals surface area contributed by atoms with Crippen molar-refractivity contribution in [3.63, 3.8) is 0 Å². The number of hydrogen-bond acceptors (Lipinski definition) is 10. The average molecular weight is 667 g/mol. The van der Waals surface area contributed by atoms with Gasteiger partial charge < -0.3 is 24.3 Å². The number of hydrogen-bond donors (Lipinski definition) is 0. The maximum absolute atomic E-state index is 13.3. The summed E-state index contributed by atoms with van der Waals surface area (Å²) in [6.07, 6.45) is 8.01. The average Bonchev–Trinajstić information content (AvgIpc) is 3.72. The zero-order valence-electron chi connectivity index (χ0n) is 27.3. The van der Waals surface area contributed by atoms with E-state index in [0.29, 0.717) is 44.8 Å². The van der Waals surface area contributed by atoms with Crippen molar-refractivity contribution in [2.75, 3.05) is 56.2 Å². The van der Waals surface area contributed by atoms with Crippen molar-refractivity contribution in [3.8, 4) is 12.1 Å². The second-order valence-corrected chi connectivity index (χ2v) is 13.2. The van der Waals surface area contributed by atoms with Gasteiger partial charge in [0.05, 0.1) is 47.7 Å². The summed E-state index contributed by atoms with van der Waals surface area (Å²) in [4.78, 5) is 31.9. The van der Waals surface area contributed by atoms with Crippen LogP contribution in [-0.4, -0.2) is 99.1 Å². The Bertz CT molecular complexity index is 1880. The molecule has 2 aromatic heterocycles. The minimum atomic E-state index is -0.307. The van der Waals surface area contributed by atoms with Gasteiger partial charge >= 0.3 is 6.01 Å². The van der Waals surface area contributed by atoms with Crippen LogP contribution < -0.4 is 14.5 Å². The number of aromatic nitrogens is 5. The van der Waals surface area contributed by atoms with E-state index in [1.807, 2.05) is 19.1 Å². The molecular formula is C35H39ClN10O2. The smallest absolute Gasteiger partial charge is 0.318 e. The lowest BCUT2D eigenvalue weighted by molar-refractivity contribution is -0.128. The molecule has 0 saturated carbocycles. The lowest BCUT2D eigenvalue weighted by Gasteiger charge is -2.42. The molecule has 2 fully saturated rings. The Labute approximate surface area is 285 Å². The van der Waals surface area contributed by atoms with Crippen LogP contribution in [0, 0.1) is 18.3 Å². The van der Waals surface area contributed by atoms with Gasteiger partial charge in [0, 0.05) is 61.1 Å². The monoisotopic (exact) mass is 666 g/mol. The van der Waals surface area contributed by atoms with Gasteiger partial charge in [-0.3, -0.25) is 4.79 Å². The van der Waals surface area contributed by atoms with Crippen LogP contribution in [0.4, 0.5) is 11.5 Å². The first-order chi connectivity index (χ1) is 23.4. The third-order valence-electron chi connectivity index (χ3n) is 9.66. The zero-order chi connectivity index (χ0) is 33.2. The van der Waals surface area contributed by atoms with Gasteiger partial charge in [-0.25, -0.2) is 4.68 Å². The Morgan fingerprint density at radius 3 is 2.73 bits per heavy atom. The molecule has 13 heteroatoms. The number of nitriles is 1. The van der Waals surface area contributed by atoms with Crippen molar-refractivity contribution in [1.29, 1.82) is 5.26 Å².